The van der Waals surface area contributed by atoms with E-state index in [2.05, 4.69) is 10.1 Å². The quantitative estimate of drug-likeness (QED) is 0.862. The third-order valence-corrected chi connectivity index (χ3v) is 4.25. The van der Waals surface area contributed by atoms with E-state index in [0.29, 0.717) is 36.1 Å². The monoisotopic (exact) mass is 332 g/mol. The number of nitrogens with zero attached hydrogens (tertiary/aromatic N) is 3. The van der Waals surface area contributed by atoms with E-state index < -0.39 is 0 Å². The molecule has 0 radical (unpaired) electrons. The van der Waals surface area contributed by atoms with E-state index in [4.69, 9.17) is 15.0 Å². The summed E-state index contributed by atoms with van der Waals surface area (Å²) in [5.74, 6) is 1.53. The number of phenols is 1. The minimum Gasteiger partial charge on any atom is -0.504 e. The number of aromatic nitrogens is 2. The van der Waals surface area contributed by atoms with Crippen molar-refractivity contribution in [2.45, 2.75) is 18.8 Å². The number of hydrogen-bond acceptors (Lipinski definition) is 7. The number of benzene rings is 1. The van der Waals surface area contributed by atoms with Crippen molar-refractivity contribution < 1.29 is 19.2 Å². The summed E-state index contributed by atoms with van der Waals surface area (Å²) in [4.78, 5) is 17.8. The first kappa shape index (κ1) is 16.3. The molecule has 24 heavy (non-hydrogen) atoms. The second-order valence-electron chi connectivity index (χ2n) is 5.70. The zero-order valence-corrected chi connectivity index (χ0v) is 13.4. The number of nitrogens with two attached hydrogens (primary N) is 1. The van der Waals surface area contributed by atoms with Gasteiger partial charge in [-0.1, -0.05) is 5.16 Å². The summed E-state index contributed by atoms with van der Waals surface area (Å²) < 4.78 is 10.5. The maximum Gasteiger partial charge on any atom is 0.236 e. The average Bonchev–Trinajstić information content (AvgIpc) is 3.11. The molecule has 0 aliphatic carbocycles. The fraction of sp³-hybridized carbons (Fsp3) is 0.438. The number of aromatic hydroxyl groups is 1. The molecule has 2 heterocycles. The summed E-state index contributed by atoms with van der Waals surface area (Å²) in [6, 6.07) is 4.89. The Labute approximate surface area is 139 Å². The molecule has 8 heteroatoms. The third-order valence-electron chi connectivity index (χ3n) is 4.25. The van der Waals surface area contributed by atoms with E-state index in [1.807, 2.05) is 0 Å². The molecule has 0 bridgehead atoms. The van der Waals surface area contributed by atoms with Crippen LogP contribution >= 0.6 is 0 Å². The van der Waals surface area contributed by atoms with E-state index in [1.54, 1.807) is 17.0 Å². The van der Waals surface area contributed by atoms with Crippen LogP contribution in [0, 0.1) is 0 Å². The molecule has 0 spiro atoms. The van der Waals surface area contributed by atoms with E-state index in [0.717, 1.165) is 12.8 Å². The summed E-state index contributed by atoms with van der Waals surface area (Å²) in [6.45, 7) is 1.33. The molecule has 1 amide bonds. The highest BCUT2D eigenvalue weighted by atomic mass is 16.5. The highest BCUT2D eigenvalue weighted by Gasteiger charge is 2.27. The van der Waals surface area contributed by atoms with Gasteiger partial charge in [0, 0.05) is 24.6 Å². The van der Waals surface area contributed by atoms with Crippen LogP contribution in [0.1, 0.15) is 24.7 Å². The van der Waals surface area contributed by atoms with Crippen LogP contribution in [0.25, 0.3) is 11.4 Å². The SMILES string of the molecule is COc1cc(-c2noc(C3CCN(C(=O)CN)CC3)n2)ccc1O. The van der Waals surface area contributed by atoms with Crippen LogP contribution in [-0.4, -0.2) is 52.8 Å². The summed E-state index contributed by atoms with van der Waals surface area (Å²) in [6.07, 6.45) is 1.54. The van der Waals surface area contributed by atoms with E-state index in [9.17, 15) is 9.90 Å². The molecule has 1 aliphatic rings. The predicted molar refractivity (Wildman–Crippen MR) is 85.6 cm³/mol. The van der Waals surface area contributed by atoms with Crippen molar-refractivity contribution in [3.05, 3.63) is 24.1 Å². The van der Waals surface area contributed by atoms with Crippen LogP contribution in [0.3, 0.4) is 0 Å². The summed E-state index contributed by atoms with van der Waals surface area (Å²) >= 11 is 0. The molecule has 128 valence electrons. The lowest BCUT2D eigenvalue weighted by molar-refractivity contribution is -0.130. The Morgan fingerprint density at radius 2 is 2.21 bits per heavy atom. The molecule has 2 aromatic rings. The van der Waals surface area contributed by atoms with Gasteiger partial charge in [0.05, 0.1) is 13.7 Å². The maximum absolute atomic E-state index is 11.6. The van der Waals surface area contributed by atoms with Gasteiger partial charge >= 0.3 is 0 Å². The Morgan fingerprint density at radius 1 is 1.46 bits per heavy atom. The Balaban J connectivity index is 1.71. The first-order valence-electron chi connectivity index (χ1n) is 7.81. The highest BCUT2D eigenvalue weighted by molar-refractivity contribution is 5.78. The lowest BCUT2D eigenvalue weighted by Gasteiger charge is -2.30. The standard InChI is InChI=1S/C16H20N4O4/c1-23-13-8-11(2-3-12(13)21)15-18-16(24-19-15)10-4-6-20(7-5-10)14(22)9-17/h2-3,8,10,21H,4-7,9,17H2,1H3. The minimum absolute atomic E-state index is 0.0316. The smallest absolute Gasteiger partial charge is 0.236 e. The van der Waals surface area contributed by atoms with Gasteiger partial charge in [-0.15, -0.1) is 0 Å². The van der Waals surface area contributed by atoms with Crippen LogP contribution in [0.2, 0.25) is 0 Å². The summed E-state index contributed by atoms with van der Waals surface area (Å²) in [5, 5.41) is 13.7. The molecule has 0 unspecified atom stereocenters. The fourth-order valence-electron chi connectivity index (χ4n) is 2.84. The normalized spacial score (nSPS) is 15.5. The van der Waals surface area contributed by atoms with Gasteiger partial charge in [0.25, 0.3) is 0 Å². The second-order valence-corrected chi connectivity index (χ2v) is 5.70. The number of carbonyl (C=O) groups is 1. The summed E-state index contributed by atoms with van der Waals surface area (Å²) in [7, 11) is 1.48. The van der Waals surface area contributed by atoms with E-state index >= 15 is 0 Å². The summed E-state index contributed by atoms with van der Waals surface area (Å²) in [5.41, 5.74) is 6.09. The van der Waals surface area contributed by atoms with Crippen molar-refractivity contribution in [1.29, 1.82) is 0 Å². The molecule has 1 saturated heterocycles. The number of phenolic OH excluding ortho intramolecular Hbond substituents is 1. The topological polar surface area (TPSA) is 115 Å². The Morgan fingerprint density at radius 3 is 2.88 bits per heavy atom. The lowest BCUT2D eigenvalue weighted by Crippen LogP contribution is -2.41. The minimum atomic E-state index is -0.0316. The largest absolute Gasteiger partial charge is 0.504 e. The predicted octanol–water partition coefficient (Wildman–Crippen LogP) is 1.12. The number of hydrogen-bond donors (Lipinski definition) is 2. The lowest BCUT2D eigenvalue weighted by atomic mass is 9.96. The van der Waals surface area contributed by atoms with Crippen molar-refractivity contribution in [2.75, 3.05) is 26.7 Å². The molecule has 1 aliphatic heterocycles. The van der Waals surface area contributed by atoms with Gasteiger partial charge < -0.3 is 25.0 Å². The van der Waals surface area contributed by atoms with Gasteiger partial charge in [-0.25, -0.2) is 0 Å². The Kier molecular flexibility index (Phi) is 4.66. The number of ether oxygens (including phenoxy) is 1. The van der Waals surface area contributed by atoms with Crippen LogP contribution < -0.4 is 10.5 Å². The molecule has 1 aromatic carbocycles. The van der Waals surface area contributed by atoms with Crippen molar-refractivity contribution in [3.63, 3.8) is 0 Å². The zero-order chi connectivity index (χ0) is 17.1. The number of carbonyl (C=O) groups excluding carboxylic acids is 1. The van der Waals surface area contributed by atoms with Crippen molar-refractivity contribution in [1.82, 2.24) is 15.0 Å². The molecule has 8 nitrogen and oxygen atoms in total. The average molecular weight is 332 g/mol. The van der Waals surface area contributed by atoms with E-state index in [-0.39, 0.29) is 24.1 Å². The van der Waals surface area contributed by atoms with Crippen molar-refractivity contribution in [2.24, 2.45) is 5.73 Å². The van der Waals surface area contributed by atoms with Gasteiger partial charge in [0.1, 0.15) is 0 Å². The second kappa shape index (κ2) is 6.88. The maximum atomic E-state index is 11.6. The molecule has 1 aromatic heterocycles. The highest BCUT2D eigenvalue weighted by Crippen LogP contribution is 2.32. The third kappa shape index (κ3) is 3.18. The van der Waals surface area contributed by atoms with Gasteiger partial charge in [-0.05, 0) is 31.0 Å². The van der Waals surface area contributed by atoms with Gasteiger partial charge in [-0.2, -0.15) is 4.98 Å². The van der Waals surface area contributed by atoms with Crippen LogP contribution in [-0.2, 0) is 4.79 Å². The first-order valence-corrected chi connectivity index (χ1v) is 7.81. The molecule has 0 atom stereocenters. The molecule has 1 fully saturated rings. The molecular formula is C16H20N4O4. The Bertz CT molecular complexity index is 723. The number of methoxy groups -OCH3 is 1. The number of piperidine rings is 1. The van der Waals surface area contributed by atoms with Crippen LogP contribution in [0.15, 0.2) is 22.7 Å². The van der Waals surface area contributed by atoms with E-state index in [1.165, 1.54) is 13.2 Å². The van der Waals surface area contributed by atoms with Crippen LogP contribution in [0.4, 0.5) is 0 Å². The van der Waals surface area contributed by atoms with Gasteiger partial charge in [-0.3, -0.25) is 4.79 Å². The fourth-order valence-corrected chi connectivity index (χ4v) is 2.84. The number of amides is 1. The molecule has 3 N–H and O–H groups in total. The van der Waals surface area contributed by atoms with Gasteiger partial charge in [0.15, 0.2) is 11.5 Å². The van der Waals surface area contributed by atoms with Crippen LogP contribution in [0.5, 0.6) is 11.5 Å². The van der Waals surface area contributed by atoms with Crippen molar-refractivity contribution >= 4 is 5.91 Å². The molecule has 0 saturated carbocycles. The number of rotatable bonds is 4. The first-order chi connectivity index (χ1) is 11.6. The molecule has 3 rings (SSSR count). The molecular weight excluding hydrogens is 312 g/mol. The van der Waals surface area contributed by atoms with Gasteiger partial charge in [0.2, 0.25) is 17.6 Å². The van der Waals surface area contributed by atoms with Crippen molar-refractivity contribution in [3.8, 4) is 22.9 Å². The number of likely N-dealkylation sites (tertiary alicyclic amines) is 1. The Hall–Kier alpha value is -2.61. The zero-order valence-electron chi connectivity index (χ0n) is 13.4.